The van der Waals surface area contributed by atoms with E-state index in [1.54, 1.807) is 28.4 Å². The van der Waals surface area contributed by atoms with Gasteiger partial charge in [0.15, 0.2) is 0 Å². The van der Waals surface area contributed by atoms with Crippen LogP contribution in [0, 0.1) is 0 Å². The maximum Gasteiger partial charge on any atom is 0.119 e. The van der Waals surface area contributed by atoms with E-state index in [1.165, 1.54) is 0 Å². The van der Waals surface area contributed by atoms with Crippen LogP contribution in [0.4, 0.5) is 0 Å². The van der Waals surface area contributed by atoms with Gasteiger partial charge in [-0.3, -0.25) is 0 Å². The predicted octanol–water partition coefficient (Wildman–Crippen LogP) is 9.94. The van der Waals surface area contributed by atoms with Gasteiger partial charge in [0, 0.05) is 22.3 Å². The Bertz CT molecular complexity index is 2420. The molecule has 0 aliphatic rings. The highest BCUT2D eigenvalue weighted by molar-refractivity contribution is 5.92. The van der Waals surface area contributed by atoms with Crippen molar-refractivity contribution in [2.75, 3.05) is 28.4 Å². The zero-order chi connectivity index (χ0) is 35.6. The molecule has 0 saturated carbocycles. The molecule has 2 heterocycles. The first-order valence-corrected chi connectivity index (χ1v) is 16.7. The average Bonchev–Trinajstić information content (AvgIpc) is 3.22. The molecule has 8 heteroatoms. The molecule has 8 aromatic rings. The van der Waals surface area contributed by atoms with Crippen LogP contribution in [0.15, 0.2) is 133 Å². The number of hydrogen-bond donors (Lipinski definition) is 0. The van der Waals surface area contributed by atoms with Gasteiger partial charge in [0.25, 0.3) is 0 Å². The quantitative estimate of drug-likeness (QED) is 0.149. The largest absolute Gasteiger partial charge is 0.497 e. The van der Waals surface area contributed by atoms with Crippen LogP contribution in [0.25, 0.3) is 78.2 Å². The number of benzene rings is 6. The van der Waals surface area contributed by atoms with Crippen molar-refractivity contribution in [2.45, 2.75) is 0 Å². The topological polar surface area (TPSA) is 88.5 Å². The normalized spacial score (nSPS) is 11.1. The number of rotatable bonds is 9. The van der Waals surface area contributed by atoms with Crippen LogP contribution >= 0.6 is 0 Å². The summed E-state index contributed by atoms with van der Waals surface area (Å²) < 4.78 is 22.2. The summed E-state index contributed by atoms with van der Waals surface area (Å²) in [6.45, 7) is 0. The van der Waals surface area contributed by atoms with E-state index >= 15 is 0 Å². The molecule has 8 nitrogen and oxygen atoms in total. The SMILES string of the molecule is COc1cccc(-c2nc3ccc(-c4ccc5nc(-c6cccc(OC)c6)c(-c6cccc(OC)c6)nc5c4)cc3nc2-c2cccc(OC)c2)c1. The van der Waals surface area contributed by atoms with Crippen LogP contribution in [-0.2, 0) is 0 Å². The van der Waals surface area contributed by atoms with Crippen LogP contribution in [0.1, 0.15) is 0 Å². The lowest BCUT2D eigenvalue weighted by Crippen LogP contribution is -1.97. The van der Waals surface area contributed by atoms with E-state index in [1.807, 2.05) is 109 Å². The summed E-state index contributed by atoms with van der Waals surface area (Å²) in [7, 11) is 6.64. The van der Waals surface area contributed by atoms with Gasteiger partial charge < -0.3 is 18.9 Å². The van der Waals surface area contributed by atoms with Crippen molar-refractivity contribution in [1.82, 2.24) is 19.9 Å². The molecule has 0 amide bonds. The highest BCUT2D eigenvalue weighted by Crippen LogP contribution is 2.37. The zero-order valence-corrected chi connectivity index (χ0v) is 29.1. The maximum absolute atomic E-state index is 5.56. The number of aromatic nitrogens is 4. The van der Waals surface area contributed by atoms with Crippen molar-refractivity contribution in [2.24, 2.45) is 0 Å². The van der Waals surface area contributed by atoms with Crippen LogP contribution in [0.3, 0.4) is 0 Å². The lowest BCUT2D eigenvalue weighted by molar-refractivity contribution is 0.415. The van der Waals surface area contributed by atoms with Gasteiger partial charge >= 0.3 is 0 Å². The predicted molar refractivity (Wildman–Crippen MR) is 206 cm³/mol. The number of fused-ring (bicyclic) bond motifs is 2. The molecule has 52 heavy (non-hydrogen) atoms. The molecule has 254 valence electrons. The minimum atomic E-state index is 0.741. The Morgan fingerprint density at radius 2 is 0.577 bits per heavy atom. The van der Waals surface area contributed by atoms with Crippen LogP contribution < -0.4 is 18.9 Å². The van der Waals surface area contributed by atoms with E-state index in [-0.39, 0.29) is 0 Å². The molecule has 8 rings (SSSR count). The standard InChI is InChI=1S/C44H34N4O4/c1-49-33-13-5-9-29(21-33)41-43(31-11-7-15-35(23-31)51-3)47-39-25-27(17-19-37(39)45-41)28-18-20-38-40(26-28)48-44(32-12-8-16-36(24-32)52-4)42(46-38)30-10-6-14-34(22-30)50-2/h5-26H,1-4H3. The fraction of sp³-hybridized carbons (Fsp3) is 0.0909. The fourth-order valence-electron chi connectivity index (χ4n) is 6.35. The molecule has 0 spiro atoms. The maximum atomic E-state index is 5.56. The third-order valence-electron chi connectivity index (χ3n) is 9.03. The highest BCUT2D eigenvalue weighted by Gasteiger charge is 2.18. The molecule has 0 fully saturated rings. The molecule has 0 unspecified atom stereocenters. The Hall–Kier alpha value is -6.80. The van der Waals surface area contributed by atoms with Gasteiger partial charge in [0.05, 0.1) is 73.3 Å². The van der Waals surface area contributed by atoms with Crippen LogP contribution in [-0.4, -0.2) is 48.4 Å². The smallest absolute Gasteiger partial charge is 0.119 e. The first kappa shape index (κ1) is 32.4. The minimum absolute atomic E-state index is 0.741. The molecular weight excluding hydrogens is 649 g/mol. The second-order valence-electron chi connectivity index (χ2n) is 12.2. The summed E-state index contributed by atoms with van der Waals surface area (Å²) >= 11 is 0. The number of ether oxygens (including phenoxy) is 4. The van der Waals surface area contributed by atoms with Crippen molar-refractivity contribution in [3.05, 3.63) is 133 Å². The van der Waals surface area contributed by atoms with Gasteiger partial charge in [-0.1, -0.05) is 60.7 Å². The first-order chi connectivity index (χ1) is 25.5. The van der Waals surface area contributed by atoms with Gasteiger partial charge in [0.2, 0.25) is 0 Å². The van der Waals surface area contributed by atoms with Crippen molar-refractivity contribution in [1.29, 1.82) is 0 Å². The zero-order valence-electron chi connectivity index (χ0n) is 29.1. The van der Waals surface area contributed by atoms with Crippen LogP contribution in [0.2, 0.25) is 0 Å². The average molecular weight is 683 g/mol. The van der Waals surface area contributed by atoms with Gasteiger partial charge in [-0.15, -0.1) is 0 Å². The van der Waals surface area contributed by atoms with Crippen molar-refractivity contribution in [3.8, 4) is 79.2 Å². The van der Waals surface area contributed by atoms with Gasteiger partial charge in [0.1, 0.15) is 23.0 Å². The molecule has 0 atom stereocenters. The highest BCUT2D eigenvalue weighted by atomic mass is 16.5. The second kappa shape index (κ2) is 13.8. The Morgan fingerprint density at radius 3 is 0.865 bits per heavy atom. The molecule has 0 radical (unpaired) electrons. The number of methoxy groups -OCH3 is 4. The monoisotopic (exact) mass is 682 g/mol. The number of nitrogens with zero attached hydrogens (tertiary/aromatic N) is 4. The minimum Gasteiger partial charge on any atom is -0.497 e. The van der Waals surface area contributed by atoms with Gasteiger partial charge in [-0.2, -0.15) is 0 Å². The molecule has 0 aliphatic carbocycles. The molecule has 2 aromatic heterocycles. The summed E-state index contributed by atoms with van der Waals surface area (Å²) in [6, 6.07) is 43.8. The summed E-state index contributed by atoms with van der Waals surface area (Å²) in [5, 5.41) is 0. The molecule has 0 bridgehead atoms. The van der Waals surface area contributed by atoms with E-state index in [0.29, 0.717) is 0 Å². The summed E-state index contributed by atoms with van der Waals surface area (Å²) in [4.78, 5) is 20.7. The third-order valence-corrected chi connectivity index (χ3v) is 9.03. The van der Waals surface area contributed by atoms with E-state index in [2.05, 4.69) is 24.3 Å². The molecular formula is C44H34N4O4. The molecule has 6 aromatic carbocycles. The summed E-state index contributed by atoms with van der Waals surface area (Å²) in [5.74, 6) is 2.97. The van der Waals surface area contributed by atoms with Crippen molar-refractivity contribution >= 4 is 22.1 Å². The second-order valence-corrected chi connectivity index (χ2v) is 12.2. The lowest BCUT2D eigenvalue weighted by atomic mass is 10.0. The fourth-order valence-corrected chi connectivity index (χ4v) is 6.35. The summed E-state index contributed by atoms with van der Waals surface area (Å²) in [6.07, 6.45) is 0. The van der Waals surface area contributed by atoms with Gasteiger partial charge in [-0.05, 0) is 83.9 Å². The van der Waals surface area contributed by atoms with Crippen molar-refractivity contribution < 1.29 is 18.9 Å². The molecule has 0 aliphatic heterocycles. The van der Waals surface area contributed by atoms with E-state index < -0.39 is 0 Å². The molecule has 0 saturated heterocycles. The number of hydrogen-bond acceptors (Lipinski definition) is 8. The Labute approximate surface area is 301 Å². The van der Waals surface area contributed by atoms with E-state index in [4.69, 9.17) is 38.9 Å². The van der Waals surface area contributed by atoms with Gasteiger partial charge in [-0.25, -0.2) is 19.9 Å². The lowest BCUT2D eigenvalue weighted by Gasteiger charge is -2.14. The van der Waals surface area contributed by atoms with E-state index in [0.717, 1.165) is 101 Å². The molecule has 0 N–H and O–H groups in total. The van der Waals surface area contributed by atoms with E-state index in [9.17, 15) is 0 Å². The van der Waals surface area contributed by atoms with Crippen molar-refractivity contribution in [3.63, 3.8) is 0 Å². The summed E-state index contributed by atoms with van der Waals surface area (Å²) in [5.41, 5.74) is 11.6. The first-order valence-electron chi connectivity index (χ1n) is 16.7. The Kier molecular flexibility index (Phi) is 8.63. The Morgan fingerprint density at radius 1 is 0.288 bits per heavy atom. The third kappa shape index (κ3) is 6.22. The van der Waals surface area contributed by atoms with Crippen LogP contribution in [0.5, 0.6) is 23.0 Å². The Balaban J connectivity index is 1.27.